The molecule has 0 unspecified atom stereocenters. The maximum absolute atomic E-state index is 10.5. The summed E-state index contributed by atoms with van der Waals surface area (Å²) in [5, 5.41) is 2.49. The number of primary amides is 1. The lowest BCUT2D eigenvalue weighted by Gasteiger charge is -2.01. The van der Waals surface area contributed by atoms with Gasteiger partial charge in [-0.1, -0.05) is 18.2 Å². The molecule has 1 aromatic rings. The molecule has 0 saturated carbocycles. The fraction of sp³-hybridized carbons (Fsp3) is 0.100. The van der Waals surface area contributed by atoms with Crippen LogP contribution in [-0.2, 0) is 6.42 Å². The van der Waals surface area contributed by atoms with Gasteiger partial charge < -0.3 is 11.1 Å². The van der Waals surface area contributed by atoms with E-state index < -0.39 is 6.03 Å². The first-order valence-corrected chi connectivity index (χ1v) is 3.98. The fourth-order valence-electron chi connectivity index (χ4n) is 1.03. The van der Waals surface area contributed by atoms with Crippen LogP contribution in [0.15, 0.2) is 36.9 Å². The molecule has 1 aromatic carbocycles. The Labute approximate surface area is 77.3 Å². The monoisotopic (exact) mass is 176 g/mol. The third kappa shape index (κ3) is 2.99. The number of hydrogen-bond donors (Lipinski definition) is 2. The Bertz CT molecular complexity index is 303. The van der Waals surface area contributed by atoms with Gasteiger partial charge in [0.1, 0.15) is 0 Å². The largest absolute Gasteiger partial charge is 0.351 e. The van der Waals surface area contributed by atoms with E-state index in [1.54, 1.807) is 0 Å². The van der Waals surface area contributed by atoms with Crippen molar-refractivity contribution in [3.8, 4) is 0 Å². The third-order valence-corrected chi connectivity index (χ3v) is 1.60. The average Bonchev–Trinajstić information content (AvgIpc) is 2.08. The van der Waals surface area contributed by atoms with Crippen LogP contribution in [0.25, 0.3) is 0 Å². The van der Waals surface area contributed by atoms with Crippen molar-refractivity contribution < 1.29 is 4.79 Å². The summed E-state index contributed by atoms with van der Waals surface area (Å²) in [4.78, 5) is 10.5. The van der Waals surface area contributed by atoms with Crippen molar-refractivity contribution in [2.24, 2.45) is 5.73 Å². The molecule has 0 aliphatic carbocycles. The number of hydrogen-bond acceptors (Lipinski definition) is 1. The van der Waals surface area contributed by atoms with E-state index in [0.29, 0.717) is 5.69 Å². The first kappa shape index (κ1) is 9.32. The summed E-state index contributed by atoms with van der Waals surface area (Å²) in [6.07, 6.45) is 2.66. The lowest BCUT2D eigenvalue weighted by Crippen LogP contribution is -2.19. The highest BCUT2D eigenvalue weighted by Gasteiger charge is 1.94. The quantitative estimate of drug-likeness (QED) is 0.679. The van der Waals surface area contributed by atoms with Gasteiger partial charge in [0.2, 0.25) is 0 Å². The van der Waals surface area contributed by atoms with Crippen LogP contribution >= 0.6 is 0 Å². The summed E-state index contributed by atoms with van der Waals surface area (Å²) in [5.41, 5.74) is 6.82. The molecule has 1 rings (SSSR count). The van der Waals surface area contributed by atoms with E-state index in [-0.39, 0.29) is 0 Å². The summed E-state index contributed by atoms with van der Waals surface area (Å²) in [7, 11) is 0. The van der Waals surface area contributed by atoms with Crippen molar-refractivity contribution in [2.75, 3.05) is 5.32 Å². The molecule has 68 valence electrons. The number of urea groups is 1. The van der Waals surface area contributed by atoms with E-state index in [1.165, 1.54) is 0 Å². The number of allylic oxidation sites excluding steroid dienone is 1. The molecule has 0 radical (unpaired) electrons. The van der Waals surface area contributed by atoms with Crippen LogP contribution in [0.3, 0.4) is 0 Å². The maximum atomic E-state index is 10.5. The second-order valence-corrected chi connectivity index (χ2v) is 2.68. The van der Waals surface area contributed by atoms with E-state index in [9.17, 15) is 4.79 Å². The van der Waals surface area contributed by atoms with Crippen LogP contribution in [-0.4, -0.2) is 6.03 Å². The zero-order valence-corrected chi connectivity index (χ0v) is 7.29. The van der Waals surface area contributed by atoms with Gasteiger partial charge >= 0.3 is 6.03 Å². The first-order chi connectivity index (χ1) is 6.22. The van der Waals surface area contributed by atoms with Crippen LogP contribution < -0.4 is 11.1 Å². The zero-order chi connectivity index (χ0) is 9.68. The molecule has 3 nitrogen and oxygen atoms in total. The number of carbonyl (C=O) groups is 1. The molecule has 3 N–H and O–H groups in total. The Morgan fingerprint density at radius 1 is 1.46 bits per heavy atom. The van der Waals surface area contributed by atoms with Crippen molar-refractivity contribution >= 4 is 11.7 Å². The number of carbonyl (C=O) groups excluding carboxylic acids is 1. The van der Waals surface area contributed by atoms with Crippen molar-refractivity contribution in [3.05, 3.63) is 42.5 Å². The van der Waals surface area contributed by atoms with Crippen molar-refractivity contribution in [2.45, 2.75) is 6.42 Å². The first-order valence-electron chi connectivity index (χ1n) is 3.98. The summed E-state index contributed by atoms with van der Waals surface area (Å²) >= 11 is 0. The van der Waals surface area contributed by atoms with Gasteiger partial charge in [-0.25, -0.2) is 4.79 Å². The molecular weight excluding hydrogens is 164 g/mol. The summed E-state index contributed by atoms with van der Waals surface area (Å²) in [5.74, 6) is 0. The number of benzene rings is 1. The summed E-state index contributed by atoms with van der Waals surface area (Å²) in [6, 6.07) is 6.92. The van der Waals surface area contributed by atoms with Crippen LogP contribution in [0.4, 0.5) is 10.5 Å². The van der Waals surface area contributed by atoms with Gasteiger partial charge in [-0.05, 0) is 24.1 Å². The van der Waals surface area contributed by atoms with Gasteiger partial charge in [0.05, 0.1) is 0 Å². The van der Waals surface area contributed by atoms with Gasteiger partial charge in [0, 0.05) is 5.69 Å². The number of anilines is 1. The van der Waals surface area contributed by atoms with Crippen LogP contribution in [0.1, 0.15) is 5.56 Å². The normalized spacial score (nSPS) is 9.23. The molecule has 0 bridgehead atoms. The van der Waals surface area contributed by atoms with Crippen molar-refractivity contribution in [3.63, 3.8) is 0 Å². The highest BCUT2D eigenvalue weighted by Crippen LogP contribution is 2.09. The zero-order valence-electron chi connectivity index (χ0n) is 7.29. The lowest BCUT2D eigenvalue weighted by atomic mass is 10.1. The molecule has 0 aliphatic rings. The second-order valence-electron chi connectivity index (χ2n) is 2.68. The number of nitrogens with two attached hydrogens (primary N) is 1. The number of nitrogens with one attached hydrogen (secondary N) is 1. The van der Waals surface area contributed by atoms with Crippen molar-refractivity contribution in [1.82, 2.24) is 0 Å². The number of amides is 2. The molecule has 0 fully saturated rings. The molecule has 0 spiro atoms. The third-order valence-electron chi connectivity index (χ3n) is 1.60. The van der Waals surface area contributed by atoms with Gasteiger partial charge in [0.25, 0.3) is 0 Å². The van der Waals surface area contributed by atoms with Gasteiger partial charge in [0.15, 0.2) is 0 Å². The van der Waals surface area contributed by atoms with Gasteiger partial charge in [-0.3, -0.25) is 0 Å². The smallest absolute Gasteiger partial charge is 0.316 e. The fourth-order valence-corrected chi connectivity index (χ4v) is 1.03. The highest BCUT2D eigenvalue weighted by molar-refractivity contribution is 5.87. The van der Waals surface area contributed by atoms with E-state index in [0.717, 1.165) is 12.0 Å². The summed E-state index contributed by atoms with van der Waals surface area (Å²) < 4.78 is 0. The molecule has 2 amide bonds. The predicted molar refractivity (Wildman–Crippen MR) is 53.5 cm³/mol. The summed E-state index contributed by atoms with van der Waals surface area (Å²) in [6.45, 7) is 3.64. The van der Waals surface area contributed by atoms with Crippen LogP contribution in [0, 0.1) is 0 Å². The van der Waals surface area contributed by atoms with Gasteiger partial charge in [-0.2, -0.15) is 0 Å². The lowest BCUT2D eigenvalue weighted by molar-refractivity contribution is 0.259. The van der Waals surface area contributed by atoms with E-state index in [1.807, 2.05) is 30.3 Å². The molecule has 13 heavy (non-hydrogen) atoms. The molecule has 0 aliphatic heterocycles. The van der Waals surface area contributed by atoms with Crippen LogP contribution in [0.5, 0.6) is 0 Å². The Kier molecular flexibility index (Phi) is 3.09. The Balaban J connectivity index is 2.69. The second kappa shape index (κ2) is 4.30. The number of rotatable bonds is 3. The molecule has 0 atom stereocenters. The minimum Gasteiger partial charge on any atom is -0.351 e. The van der Waals surface area contributed by atoms with E-state index in [2.05, 4.69) is 11.9 Å². The van der Waals surface area contributed by atoms with Crippen LogP contribution in [0.2, 0.25) is 0 Å². The van der Waals surface area contributed by atoms with E-state index >= 15 is 0 Å². The average molecular weight is 176 g/mol. The highest BCUT2D eigenvalue weighted by atomic mass is 16.2. The molecule has 0 aromatic heterocycles. The van der Waals surface area contributed by atoms with E-state index in [4.69, 9.17) is 5.73 Å². The molecule has 3 heteroatoms. The predicted octanol–water partition coefficient (Wildman–Crippen LogP) is 1.91. The topological polar surface area (TPSA) is 55.1 Å². The SMILES string of the molecule is C=CCc1ccc(NC(N)=O)cc1. The minimum atomic E-state index is -0.545. The molecule has 0 heterocycles. The Morgan fingerprint density at radius 3 is 2.54 bits per heavy atom. The Hall–Kier alpha value is -1.77. The van der Waals surface area contributed by atoms with Gasteiger partial charge in [-0.15, -0.1) is 6.58 Å². The Morgan fingerprint density at radius 2 is 2.08 bits per heavy atom. The standard InChI is InChI=1S/C10H12N2O/c1-2-3-8-4-6-9(7-5-8)12-10(11)13/h2,4-7H,1,3H2,(H3,11,12,13). The van der Waals surface area contributed by atoms with Crippen molar-refractivity contribution in [1.29, 1.82) is 0 Å². The molecular formula is C10H12N2O. The maximum Gasteiger partial charge on any atom is 0.316 e. The molecule has 0 saturated heterocycles. The minimum absolute atomic E-state index is 0.545.